The van der Waals surface area contributed by atoms with Gasteiger partial charge in [0.15, 0.2) is 0 Å². The zero-order valence-corrected chi connectivity index (χ0v) is 16.0. The summed E-state index contributed by atoms with van der Waals surface area (Å²) < 4.78 is 14.1. The van der Waals surface area contributed by atoms with Crippen molar-refractivity contribution in [2.24, 2.45) is 7.05 Å². The highest BCUT2D eigenvalue weighted by Crippen LogP contribution is 2.33. The lowest BCUT2D eigenvalue weighted by Crippen LogP contribution is -2.03. The van der Waals surface area contributed by atoms with E-state index < -0.39 is 0 Å². The molecule has 0 aliphatic heterocycles. The summed E-state index contributed by atoms with van der Waals surface area (Å²) in [4.78, 5) is 0. The molecule has 2 aromatic carbocycles. The maximum Gasteiger partial charge on any atom is 0.134 e. The molecule has 0 saturated heterocycles. The Morgan fingerprint density at radius 2 is 2.00 bits per heavy atom. The molecule has 3 aromatic rings. The summed E-state index contributed by atoms with van der Waals surface area (Å²) in [6.07, 6.45) is 1.93. The van der Waals surface area contributed by atoms with E-state index >= 15 is 0 Å². The number of nitrogens with zero attached hydrogens (tertiary/aromatic N) is 2. The lowest BCUT2D eigenvalue weighted by molar-refractivity contribution is 0.295. The summed E-state index contributed by atoms with van der Waals surface area (Å²) in [6.45, 7) is 0.404. The Labute approximate surface area is 155 Å². The van der Waals surface area contributed by atoms with Crippen molar-refractivity contribution in [1.82, 2.24) is 9.78 Å². The molecular weight excluding hydrogens is 382 g/mol. The molecule has 0 spiro atoms. The summed E-state index contributed by atoms with van der Waals surface area (Å²) in [5, 5.41) is 7.59. The van der Waals surface area contributed by atoms with Gasteiger partial charge in [0.05, 0.1) is 22.8 Å². The van der Waals surface area contributed by atoms with Crippen LogP contribution in [0.15, 0.2) is 53.1 Å². The van der Waals surface area contributed by atoms with Crippen molar-refractivity contribution in [2.75, 3.05) is 19.5 Å². The van der Waals surface area contributed by atoms with Gasteiger partial charge >= 0.3 is 0 Å². The molecule has 0 saturated carbocycles. The predicted octanol–water partition coefficient (Wildman–Crippen LogP) is 4.48. The number of hydrogen-bond donors (Lipinski definition) is 1. The number of hydrogen-bond acceptors (Lipinski definition) is 4. The quantitative estimate of drug-likeness (QED) is 0.661. The van der Waals surface area contributed by atoms with Crippen molar-refractivity contribution < 1.29 is 9.47 Å². The van der Waals surface area contributed by atoms with Crippen molar-refractivity contribution in [2.45, 2.75) is 6.61 Å². The maximum absolute atomic E-state index is 6.01. The van der Waals surface area contributed by atoms with E-state index in [1.54, 1.807) is 11.8 Å². The van der Waals surface area contributed by atoms with Gasteiger partial charge in [0.1, 0.15) is 18.1 Å². The number of anilines is 1. The lowest BCUT2D eigenvalue weighted by Gasteiger charge is -2.15. The first kappa shape index (κ1) is 17.4. The summed E-state index contributed by atoms with van der Waals surface area (Å²) in [6, 6.07) is 13.8. The number of benzene rings is 2. The Hall–Kier alpha value is -2.47. The number of methoxy groups -OCH3 is 1. The highest BCUT2D eigenvalue weighted by atomic mass is 79.9. The van der Waals surface area contributed by atoms with Crippen molar-refractivity contribution in [3.8, 4) is 22.8 Å². The third kappa shape index (κ3) is 3.79. The Kier molecular flexibility index (Phi) is 5.28. The number of aryl methyl sites for hydroxylation is 1. The van der Waals surface area contributed by atoms with E-state index in [-0.39, 0.29) is 0 Å². The zero-order chi connectivity index (χ0) is 17.8. The minimum atomic E-state index is 0.404. The normalized spacial score (nSPS) is 10.6. The van der Waals surface area contributed by atoms with Gasteiger partial charge in [0.2, 0.25) is 0 Å². The van der Waals surface area contributed by atoms with E-state index in [0.29, 0.717) is 6.61 Å². The van der Waals surface area contributed by atoms with Crippen LogP contribution in [0, 0.1) is 0 Å². The lowest BCUT2D eigenvalue weighted by atomic mass is 10.1. The molecule has 3 rings (SSSR count). The van der Waals surface area contributed by atoms with E-state index in [0.717, 1.165) is 38.5 Å². The molecule has 0 atom stereocenters. The molecular formula is C19H20BrN3O2. The van der Waals surface area contributed by atoms with Gasteiger partial charge in [0, 0.05) is 31.5 Å². The van der Waals surface area contributed by atoms with Crippen LogP contribution in [0.5, 0.6) is 11.5 Å². The number of rotatable bonds is 6. The van der Waals surface area contributed by atoms with Crippen molar-refractivity contribution >= 4 is 21.6 Å². The molecule has 130 valence electrons. The molecule has 1 N–H and O–H groups in total. The molecule has 1 aromatic heterocycles. The van der Waals surface area contributed by atoms with Gasteiger partial charge in [-0.1, -0.05) is 6.07 Å². The van der Waals surface area contributed by atoms with Crippen molar-refractivity contribution in [1.29, 1.82) is 0 Å². The van der Waals surface area contributed by atoms with E-state index in [1.807, 2.05) is 62.8 Å². The molecule has 0 radical (unpaired) electrons. The monoisotopic (exact) mass is 401 g/mol. The second-order valence-electron chi connectivity index (χ2n) is 5.54. The summed E-state index contributed by atoms with van der Waals surface area (Å²) in [5.74, 6) is 1.57. The minimum absolute atomic E-state index is 0.404. The second-order valence-corrected chi connectivity index (χ2v) is 6.40. The van der Waals surface area contributed by atoms with Gasteiger partial charge in [-0.05, 0) is 52.3 Å². The van der Waals surface area contributed by atoms with Crippen molar-refractivity contribution in [3.63, 3.8) is 0 Å². The van der Waals surface area contributed by atoms with Crippen LogP contribution in [0.1, 0.15) is 5.56 Å². The molecule has 25 heavy (non-hydrogen) atoms. The van der Waals surface area contributed by atoms with Crippen LogP contribution >= 0.6 is 15.9 Å². The van der Waals surface area contributed by atoms with E-state index in [9.17, 15) is 0 Å². The summed E-state index contributed by atoms with van der Waals surface area (Å²) >= 11 is 3.59. The highest BCUT2D eigenvalue weighted by Gasteiger charge is 2.11. The predicted molar refractivity (Wildman–Crippen MR) is 103 cm³/mol. The highest BCUT2D eigenvalue weighted by molar-refractivity contribution is 9.10. The number of halogens is 1. The first-order valence-corrected chi connectivity index (χ1v) is 8.67. The smallest absolute Gasteiger partial charge is 0.134 e. The van der Waals surface area contributed by atoms with Gasteiger partial charge in [-0.3, -0.25) is 4.68 Å². The van der Waals surface area contributed by atoms with Crippen LogP contribution in [0.4, 0.5) is 5.69 Å². The fraction of sp³-hybridized carbons (Fsp3) is 0.211. The van der Waals surface area contributed by atoms with E-state index in [2.05, 4.69) is 26.3 Å². The summed E-state index contributed by atoms with van der Waals surface area (Å²) in [7, 11) is 5.45. The Morgan fingerprint density at radius 3 is 2.64 bits per heavy atom. The van der Waals surface area contributed by atoms with Gasteiger partial charge in [-0.15, -0.1) is 0 Å². The van der Waals surface area contributed by atoms with E-state index in [4.69, 9.17) is 9.47 Å². The van der Waals surface area contributed by atoms with Crippen LogP contribution in [-0.2, 0) is 13.7 Å². The molecule has 6 heteroatoms. The summed E-state index contributed by atoms with van der Waals surface area (Å²) in [5.41, 5.74) is 3.93. The van der Waals surface area contributed by atoms with Crippen LogP contribution in [0.2, 0.25) is 0 Å². The number of ether oxygens (including phenoxy) is 2. The Bertz CT molecular complexity index is 855. The minimum Gasteiger partial charge on any atom is -0.496 e. The standard InChI is InChI=1S/C19H20BrN3O2/c1-21-17-5-4-6-18(24-3)14(17)12-25-19-8-7-13(11-15(19)20)16-9-10-23(2)22-16/h4-11,21H,12H2,1-3H3. The molecule has 1 heterocycles. The number of nitrogens with one attached hydrogen (secondary N) is 1. The van der Waals surface area contributed by atoms with Crippen molar-refractivity contribution in [3.05, 3.63) is 58.7 Å². The zero-order valence-electron chi connectivity index (χ0n) is 14.4. The molecule has 0 unspecified atom stereocenters. The molecule has 5 nitrogen and oxygen atoms in total. The van der Waals surface area contributed by atoms with Gasteiger partial charge in [-0.25, -0.2) is 0 Å². The van der Waals surface area contributed by atoms with Gasteiger partial charge in [0.25, 0.3) is 0 Å². The largest absolute Gasteiger partial charge is 0.496 e. The first-order chi connectivity index (χ1) is 12.1. The molecule has 0 aliphatic carbocycles. The van der Waals surface area contributed by atoms with Crippen LogP contribution in [0.3, 0.4) is 0 Å². The number of aromatic nitrogens is 2. The maximum atomic E-state index is 6.01. The van der Waals surface area contributed by atoms with Crippen LogP contribution in [0.25, 0.3) is 11.3 Å². The van der Waals surface area contributed by atoms with Crippen LogP contribution < -0.4 is 14.8 Å². The third-order valence-corrected chi connectivity index (χ3v) is 4.56. The Morgan fingerprint density at radius 1 is 1.16 bits per heavy atom. The first-order valence-electron chi connectivity index (χ1n) is 7.88. The van der Waals surface area contributed by atoms with Gasteiger partial charge < -0.3 is 14.8 Å². The average molecular weight is 402 g/mol. The topological polar surface area (TPSA) is 48.3 Å². The molecule has 0 aliphatic rings. The molecule has 0 amide bonds. The molecule has 0 fully saturated rings. The fourth-order valence-electron chi connectivity index (χ4n) is 2.64. The van der Waals surface area contributed by atoms with Gasteiger partial charge in [-0.2, -0.15) is 5.10 Å². The SMILES string of the molecule is CNc1cccc(OC)c1COc1ccc(-c2ccn(C)n2)cc1Br. The fourth-order valence-corrected chi connectivity index (χ4v) is 3.13. The van der Waals surface area contributed by atoms with Crippen LogP contribution in [-0.4, -0.2) is 23.9 Å². The molecule has 0 bridgehead atoms. The average Bonchev–Trinajstić information content (AvgIpc) is 3.06. The third-order valence-electron chi connectivity index (χ3n) is 3.94. The second kappa shape index (κ2) is 7.61. The Balaban J connectivity index is 1.80. The van der Waals surface area contributed by atoms with E-state index in [1.165, 1.54) is 0 Å².